The van der Waals surface area contributed by atoms with E-state index in [1.54, 1.807) is 11.3 Å². The molecule has 5 heteroatoms. The molecule has 3 nitrogen and oxygen atoms in total. The van der Waals surface area contributed by atoms with Gasteiger partial charge in [0.1, 0.15) is 5.75 Å². The minimum atomic E-state index is 0.294. The quantitative estimate of drug-likeness (QED) is 0.638. The van der Waals surface area contributed by atoms with Gasteiger partial charge in [-0.2, -0.15) is 0 Å². The molecule has 0 atom stereocenters. The van der Waals surface area contributed by atoms with Gasteiger partial charge < -0.3 is 9.47 Å². The minimum absolute atomic E-state index is 0.294. The van der Waals surface area contributed by atoms with E-state index < -0.39 is 0 Å². The molecule has 2 aromatic rings. The number of nitrogens with zero attached hydrogens (tertiary/aromatic N) is 1. The maximum Gasteiger partial charge on any atom is 0.189 e. The lowest BCUT2D eigenvalue weighted by Gasteiger charge is -2.04. The summed E-state index contributed by atoms with van der Waals surface area (Å²) in [5.41, 5.74) is 0.982. The van der Waals surface area contributed by atoms with Crippen molar-refractivity contribution in [3.63, 3.8) is 0 Å². The normalized spacial score (nSPS) is 10.8. The Balaban J connectivity index is 2.15. The number of fused-ring (bicyclic) bond motifs is 1. The van der Waals surface area contributed by atoms with E-state index >= 15 is 0 Å². The van der Waals surface area contributed by atoms with Crippen LogP contribution in [0, 0.1) is 0 Å². The van der Waals surface area contributed by atoms with Gasteiger partial charge in [-0.15, -0.1) is 11.3 Å². The summed E-state index contributed by atoms with van der Waals surface area (Å²) in [6, 6.07) is 5.81. The summed E-state index contributed by atoms with van der Waals surface area (Å²) in [6.45, 7) is 2.89. The van der Waals surface area contributed by atoms with Crippen LogP contribution in [0.1, 0.15) is 6.92 Å². The van der Waals surface area contributed by atoms with E-state index in [-0.39, 0.29) is 0 Å². The molecule has 1 aromatic carbocycles. The average molecular weight is 288 g/mol. The Morgan fingerprint density at radius 2 is 2.33 bits per heavy atom. The summed E-state index contributed by atoms with van der Waals surface area (Å²) in [5.74, 6) is 0.812. The Labute approximate surface area is 100 Å². The van der Waals surface area contributed by atoms with Gasteiger partial charge in [0, 0.05) is 6.61 Å². The summed E-state index contributed by atoms with van der Waals surface area (Å²) in [6.07, 6.45) is 0. The van der Waals surface area contributed by atoms with Gasteiger partial charge in [-0.3, -0.25) is 0 Å². The number of thiazole rings is 1. The number of rotatable bonds is 4. The van der Waals surface area contributed by atoms with Gasteiger partial charge in [-0.05, 0) is 41.1 Å². The third kappa shape index (κ3) is 2.68. The minimum Gasteiger partial charge on any atom is -0.468 e. The molecule has 0 radical (unpaired) electrons. The van der Waals surface area contributed by atoms with Crippen molar-refractivity contribution < 1.29 is 9.47 Å². The molecule has 1 aromatic heterocycles. The molecule has 0 fully saturated rings. The maximum absolute atomic E-state index is 5.41. The molecular weight excluding hydrogens is 278 g/mol. The SMILES string of the molecule is CCOCOc1ccc2nc(Br)sc2c1. The van der Waals surface area contributed by atoms with E-state index in [9.17, 15) is 0 Å². The van der Waals surface area contributed by atoms with E-state index in [0.717, 1.165) is 19.9 Å². The molecule has 0 spiro atoms. The van der Waals surface area contributed by atoms with Crippen LogP contribution in [0.3, 0.4) is 0 Å². The van der Waals surface area contributed by atoms with Crippen LogP contribution in [0.15, 0.2) is 22.1 Å². The van der Waals surface area contributed by atoms with E-state index in [1.807, 2.05) is 25.1 Å². The van der Waals surface area contributed by atoms with Gasteiger partial charge in [0.2, 0.25) is 0 Å². The average Bonchev–Trinajstić information content (AvgIpc) is 2.57. The molecule has 80 valence electrons. The summed E-state index contributed by atoms with van der Waals surface area (Å²) < 4.78 is 12.5. The highest BCUT2D eigenvalue weighted by Crippen LogP contribution is 2.28. The van der Waals surface area contributed by atoms with Crippen LogP contribution in [0.5, 0.6) is 5.75 Å². The third-order valence-corrected chi connectivity index (χ3v) is 3.32. The second-order valence-electron chi connectivity index (χ2n) is 2.85. The van der Waals surface area contributed by atoms with Gasteiger partial charge in [-0.25, -0.2) is 4.98 Å². The van der Waals surface area contributed by atoms with E-state index in [1.165, 1.54) is 0 Å². The highest BCUT2D eigenvalue weighted by molar-refractivity contribution is 9.11. The third-order valence-electron chi connectivity index (χ3n) is 1.85. The molecule has 1 heterocycles. The standard InChI is InChI=1S/C10H10BrNO2S/c1-2-13-6-14-7-3-4-8-9(5-7)15-10(11)12-8/h3-5H,2,6H2,1H3. The lowest BCUT2D eigenvalue weighted by Crippen LogP contribution is -2.01. The van der Waals surface area contributed by atoms with E-state index in [2.05, 4.69) is 20.9 Å². The number of hydrogen-bond acceptors (Lipinski definition) is 4. The first-order valence-electron chi connectivity index (χ1n) is 4.56. The molecule has 0 amide bonds. The molecular formula is C10H10BrNO2S. The zero-order chi connectivity index (χ0) is 10.7. The second kappa shape index (κ2) is 4.92. The number of ether oxygens (including phenoxy) is 2. The monoisotopic (exact) mass is 287 g/mol. The van der Waals surface area contributed by atoms with E-state index in [4.69, 9.17) is 9.47 Å². The zero-order valence-electron chi connectivity index (χ0n) is 8.20. The van der Waals surface area contributed by atoms with Crippen LogP contribution in [0.4, 0.5) is 0 Å². The molecule has 0 bridgehead atoms. The number of halogens is 1. The molecule has 0 saturated heterocycles. The van der Waals surface area contributed by atoms with Crippen LogP contribution in [0.2, 0.25) is 0 Å². The first-order chi connectivity index (χ1) is 7.29. The van der Waals surface area contributed by atoms with Crippen LogP contribution in [-0.2, 0) is 4.74 Å². The molecule has 0 N–H and O–H groups in total. The van der Waals surface area contributed by atoms with Crippen molar-refractivity contribution in [1.29, 1.82) is 0 Å². The van der Waals surface area contributed by atoms with Gasteiger partial charge >= 0.3 is 0 Å². The van der Waals surface area contributed by atoms with E-state index in [0.29, 0.717) is 13.4 Å². The van der Waals surface area contributed by atoms with Gasteiger partial charge in [0.05, 0.1) is 10.2 Å². The topological polar surface area (TPSA) is 31.4 Å². The summed E-state index contributed by atoms with van der Waals surface area (Å²) in [7, 11) is 0. The molecule has 0 aliphatic heterocycles. The van der Waals surface area contributed by atoms with Gasteiger partial charge in [0.25, 0.3) is 0 Å². The fourth-order valence-electron chi connectivity index (χ4n) is 1.16. The number of benzene rings is 1. The second-order valence-corrected chi connectivity index (χ2v) is 5.16. The van der Waals surface area contributed by atoms with Gasteiger partial charge in [0.15, 0.2) is 10.7 Å². The first kappa shape index (κ1) is 10.9. The van der Waals surface area contributed by atoms with Crippen molar-refractivity contribution in [2.24, 2.45) is 0 Å². The van der Waals surface area contributed by atoms with Crippen LogP contribution >= 0.6 is 27.3 Å². The van der Waals surface area contributed by atoms with Crippen molar-refractivity contribution in [1.82, 2.24) is 4.98 Å². The summed E-state index contributed by atoms with van der Waals surface area (Å²) >= 11 is 4.95. The lowest BCUT2D eigenvalue weighted by atomic mass is 10.3. The van der Waals surface area contributed by atoms with Crippen LogP contribution in [-0.4, -0.2) is 18.4 Å². The fraction of sp³-hybridized carbons (Fsp3) is 0.300. The predicted molar refractivity (Wildman–Crippen MR) is 64.4 cm³/mol. The molecule has 0 aliphatic rings. The summed E-state index contributed by atoms with van der Waals surface area (Å²) in [5, 5.41) is 0. The predicted octanol–water partition coefficient (Wildman–Crippen LogP) is 3.43. The van der Waals surface area contributed by atoms with Crippen molar-refractivity contribution in [3.8, 4) is 5.75 Å². The smallest absolute Gasteiger partial charge is 0.189 e. The Morgan fingerprint density at radius 1 is 1.47 bits per heavy atom. The Bertz CT molecular complexity index is 458. The molecule has 0 unspecified atom stereocenters. The zero-order valence-corrected chi connectivity index (χ0v) is 10.6. The number of hydrogen-bond donors (Lipinski definition) is 0. The van der Waals surface area contributed by atoms with Crippen molar-refractivity contribution in [3.05, 3.63) is 22.1 Å². The largest absolute Gasteiger partial charge is 0.468 e. The fourth-order valence-corrected chi connectivity index (χ4v) is 2.59. The Morgan fingerprint density at radius 3 is 3.13 bits per heavy atom. The Kier molecular flexibility index (Phi) is 3.56. The van der Waals surface area contributed by atoms with Gasteiger partial charge in [-0.1, -0.05) is 0 Å². The van der Waals surface area contributed by atoms with Crippen molar-refractivity contribution in [2.45, 2.75) is 6.92 Å². The Hall–Kier alpha value is -0.650. The van der Waals surface area contributed by atoms with Crippen molar-refractivity contribution in [2.75, 3.05) is 13.4 Å². The molecule has 15 heavy (non-hydrogen) atoms. The highest BCUT2D eigenvalue weighted by atomic mass is 79.9. The van der Waals surface area contributed by atoms with Crippen LogP contribution in [0.25, 0.3) is 10.2 Å². The lowest BCUT2D eigenvalue weighted by molar-refractivity contribution is 0.0225. The summed E-state index contributed by atoms with van der Waals surface area (Å²) in [4.78, 5) is 4.30. The molecule has 2 rings (SSSR count). The van der Waals surface area contributed by atoms with Crippen molar-refractivity contribution >= 4 is 37.5 Å². The number of aromatic nitrogens is 1. The highest BCUT2D eigenvalue weighted by Gasteiger charge is 2.02. The maximum atomic E-state index is 5.41. The molecule has 0 aliphatic carbocycles. The first-order valence-corrected chi connectivity index (χ1v) is 6.17. The van der Waals surface area contributed by atoms with Crippen LogP contribution < -0.4 is 4.74 Å². The molecule has 0 saturated carbocycles.